The van der Waals surface area contributed by atoms with Crippen LogP contribution in [0, 0.1) is 40.9 Å². The quantitative estimate of drug-likeness (QED) is 0.376. The van der Waals surface area contributed by atoms with E-state index in [9.17, 15) is 0 Å². The third-order valence-electron chi connectivity index (χ3n) is 9.27. The molecule has 0 aromatic carbocycles. The van der Waals surface area contributed by atoms with Crippen LogP contribution in [0.4, 0.5) is 0 Å². The molecule has 1 heteroatoms. The van der Waals surface area contributed by atoms with Gasteiger partial charge < -0.3 is 5.73 Å². The van der Waals surface area contributed by atoms with Crippen molar-refractivity contribution in [2.24, 2.45) is 46.7 Å². The molecule has 0 bridgehead atoms. The maximum Gasteiger partial charge on any atom is 0.0188 e. The van der Waals surface area contributed by atoms with Gasteiger partial charge in [-0.3, -0.25) is 0 Å². The molecular weight excluding hydrogens is 338 g/mol. The van der Waals surface area contributed by atoms with E-state index in [4.69, 9.17) is 5.73 Å². The standard InChI is InChI=1S/C27H51N/c1-8-12-18-27(28)19-20(5)13-14-25(27)24-16-15-23(26(24,7)17-9-2)21(6)22(10-3)11-4/h10,20-25H,3,8-9,11-19,28H2,1-2,4-7H3. The van der Waals surface area contributed by atoms with Crippen molar-refractivity contribution in [2.45, 2.75) is 118 Å². The normalized spacial score (nSPS) is 41.0. The fourth-order valence-corrected chi connectivity index (χ4v) is 7.83. The lowest BCUT2D eigenvalue weighted by molar-refractivity contribution is -0.000940. The van der Waals surface area contributed by atoms with Crippen LogP contribution in [0.2, 0.25) is 0 Å². The minimum Gasteiger partial charge on any atom is -0.325 e. The molecule has 8 unspecified atom stereocenters. The average molecular weight is 390 g/mol. The van der Waals surface area contributed by atoms with Gasteiger partial charge in [0.25, 0.3) is 0 Å². The summed E-state index contributed by atoms with van der Waals surface area (Å²) >= 11 is 0. The molecular formula is C27H51N. The number of unbranched alkanes of at least 4 members (excludes halogenated alkanes) is 1. The van der Waals surface area contributed by atoms with Crippen LogP contribution in [0.25, 0.3) is 0 Å². The Balaban J connectivity index is 2.32. The third kappa shape index (κ3) is 4.71. The summed E-state index contributed by atoms with van der Waals surface area (Å²) in [7, 11) is 0. The predicted molar refractivity (Wildman–Crippen MR) is 125 cm³/mol. The van der Waals surface area contributed by atoms with Gasteiger partial charge in [-0.25, -0.2) is 0 Å². The first-order chi connectivity index (χ1) is 13.3. The summed E-state index contributed by atoms with van der Waals surface area (Å²) in [5, 5.41) is 0. The molecule has 0 spiro atoms. The topological polar surface area (TPSA) is 26.0 Å². The lowest BCUT2D eigenvalue weighted by Gasteiger charge is -2.52. The highest BCUT2D eigenvalue weighted by Gasteiger charge is 2.55. The highest BCUT2D eigenvalue weighted by atomic mass is 14.8. The second-order valence-corrected chi connectivity index (χ2v) is 11.0. The SMILES string of the molecule is C=CC(CC)C(C)C1CCC(C2CCC(C)CC2(N)CCCC)C1(C)CCC. The Morgan fingerprint density at radius 2 is 1.71 bits per heavy atom. The molecule has 2 saturated carbocycles. The number of allylic oxidation sites excluding steroid dienone is 1. The lowest BCUT2D eigenvalue weighted by atomic mass is 9.55. The maximum atomic E-state index is 7.29. The average Bonchev–Trinajstić information content (AvgIpc) is 2.98. The van der Waals surface area contributed by atoms with Gasteiger partial charge in [0.05, 0.1) is 0 Å². The van der Waals surface area contributed by atoms with E-state index in [0.29, 0.717) is 11.3 Å². The molecule has 8 atom stereocenters. The summed E-state index contributed by atoms with van der Waals surface area (Å²) in [5.41, 5.74) is 7.82. The van der Waals surface area contributed by atoms with Gasteiger partial charge in [-0.2, -0.15) is 0 Å². The van der Waals surface area contributed by atoms with Crippen molar-refractivity contribution in [2.75, 3.05) is 0 Å². The molecule has 0 radical (unpaired) electrons. The molecule has 2 aliphatic carbocycles. The Morgan fingerprint density at radius 3 is 2.29 bits per heavy atom. The Hall–Kier alpha value is -0.300. The zero-order valence-electron chi connectivity index (χ0n) is 20.1. The Kier molecular flexibility index (Phi) is 8.68. The van der Waals surface area contributed by atoms with E-state index < -0.39 is 0 Å². The van der Waals surface area contributed by atoms with Gasteiger partial charge in [-0.1, -0.05) is 73.3 Å². The van der Waals surface area contributed by atoms with Gasteiger partial charge in [0.2, 0.25) is 0 Å². The second kappa shape index (κ2) is 10.1. The molecule has 164 valence electrons. The third-order valence-corrected chi connectivity index (χ3v) is 9.27. The molecule has 0 aliphatic heterocycles. The maximum absolute atomic E-state index is 7.29. The molecule has 28 heavy (non-hydrogen) atoms. The highest BCUT2D eigenvalue weighted by Crippen LogP contribution is 2.61. The summed E-state index contributed by atoms with van der Waals surface area (Å²) in [6.45, 7) is 18.8. The molecule has 2 aliphatic rings. The summed E-state index contributed by atoms with van der Waals surface area (Å²) in [4.78, 5) is 0. The first-order valence-electron chi connectivity index (χ1n) is 12.7. The predicted octanol–water partition coefficient (Wildman–Crippen LogP) is 7.99. The van der Waals surface area contributed by atoms with Crippen LogP contribution in [-0.2, 0) is 0 Å². The molecule has 2 rings (SSSR count). The summed E-state index contributed by atoms with van der Waals surface area (Å²) in [5.74, 6) is 4.58. The van der Waals surface area contributed by atoms with Crippen LogP contribution in [-0.4, -0.2) is 5.54 Å². The molecule has 0 amide bonds. The summed E-state index contributed by atoms with van der Waals surface area (Å²) in [6.07, 6.45) is 16.8. The smallest absolute Gasteiger partial charge is 0.0188 e. The number of hydrogen-bond donors (Lipinski definition) is 1. The van der Waals surface area contributed by atoms with E-state index >= 15 is 0 Å². The number of hydrogen-bond acceptors (Lipinski definition) is 1. The van der Waals surface area contributed by atoms with Crippen LogP contribution in [0.1, 0.15) is 112 Å². The van der Waals surface area contributed by atoms with Gasteiger partial charge >= 0.3 is 0 Å². The van der Waals surface area contributed by atoms with E-state index in [1.807, 2.05) is 0 Å². The monoisotopic (exact) mass is 389 g/mol. The lowest BCUT2D eigenvalue weighted by Crippen LogP contribution is -2.55. The molecule has 2 fully saturated rings. The largest absolute Gasteiger partial charge is 0.325 e. The van der Waals surface area contributed by atoms with Gasteiger partial charge in [0.15, 0.2) is 0 Å². The minimum atomic E-state index is 0.0774. The molecule has 1 nitrogen and oxygen atoms in total. The highest BCUT2D eigenvalue weighted by molar-refractivity contribution is 5.07. The van der Waals surface area contributed by atoms with Gasteiger partial charge in [-0.05, 0) is 85.9 Å². The van der Waals surface area contributed by atoms with Crippen molar-refractivity contribution in [3.05, 3.63) is 12.7 Å². The fourth-order valence-electron chi connectivity index (χ4n) is 7.83. The van der Waals surface area contributed by atoms with Crippen molar-refractivity contribution in [1.82, 2.24) is 0 Å². The van der Waals surface area contributed by atoms with E-state index in [1.165, 1.54) is 70.6 Å². The molecule has 0 saturated heterocycles. The fraction of sp³-hybridized carbons (Fsp3) is 0.926. The van der Waals surface area contributed by atoms with Gasteiger partial charge in [-0.15, -0.1) is 6.58 Å². The van der Waals surface area contributed by atoms with Crippen molar-refractivity contribution < 1.29 is 0 Å². The van der Waals surface area contributed by atoms with Crippen LogP contribution in [0.5, 0.6) is 0 Å². The molecule has 0 aromatic rings. The van der Waals surface area contributed by atoms with Crippen LogP contribution >= 0.6 is 0 Å². The van der Waals surface area contributed by atoms with Crippen molar-refractivity contribution in [1.29, 1.82) is 0 Å². The van der Waals surface area contributed by atoms with E-state index in [-0.39, 0.29) is 5.54 Å². The summed E-state index contributed by atoms with van der Waals surface area (Å²) in [6, 6.07) is 0. The Bertz CT molecular complexity index is 485. The number of nitrogens with two attached hydrogens (primary N) is 1. The first-order valence-corrected chi connectivity index (χ1v) is 12.7. The Morgan fingerprint density at radius 1 is 1.04 bits per heavy atom. The van der Waals surface area contributed by atoms with Crippen LogP contribution in [0.3, 0.4) is 0 Å². The minimum absolute atomic E-state index is 0.0774. The van der Waals surface area contributed by atoms with E-state index in [0.717, 1.165) is 29.6 Å². The molecule has 0 heterocycles. The van der Waals surface area contributed by atoms with Crippen molar-refractivity contribution in [3.8, 4) is 0 Å². The molecule has 2 N–H and O–H groups in total. The van der Waals surface area contributed by atoms with Gasteiger partial charge in [0.1, 0.15) is 0 Å². The number of rotatable bonds is 10. The summed E-state index contributed by atoms with van der Waals surface area (Å²) < 4.78 is 0. The van der Waals surface area contributed by atoms with Gasteiger partial charge in [0, 0.05) is 5.54 Å². The Labute approximate surface area is 177 Å². The van der Waals surface area contributed by atoms with Crippen LogP contribution < -0.4 is 5.73 Å². The molecule has 0 aromatic heterocycles. The zero-order chi connectivity index (χ0) is 20.9. The first kappa shape index (κ1) is 24.0. The van der Waals surface area contributed by atoms with E-state index in [2.05, 4.69) is 54.2 Å². The van der Waals surface area contributed by atoms with E-state index in [1.54, 1.807) is 0 Å². The van der Waals surface area contributed by atoms with Crippen molar-refractivity contribution >= 4 is 0 Å². The van der Waals surface area contributed by atoms with Crippen molar-refractivity contribution in [3.63, 3.8) is 0 Å². The zero-order valence-corrected chi connectivity index (χ0v) is 20.1. The van der Waals surface area contributed by atoms with Crippen LogP contribution in [0.15, 0.2) is 12.7 Å². The second-order valence-electron chi connectivity index (χ2n) is 11.0.